The molecule has 0 aliphatic rings. The second-order valence-electron chi connectivity index (χ2n) is 3.96. The van der Waals surface area contributed by atoms with E-state index < -0.39 is 0 Å². The number of hydrogen-bond acceptors (Lipinski definition) is 4. The van der Waals surface area contributed by atoms with E-state index in [1.807, 2.05) is 33.3 Å². The molecule has 0 aromatic carbocycles. The Morgan fingerprint density at radius 2 is 2.06 bits per heavy atom. The lowest BCUT2D eigenvalue weighted by atomic mass is 10.2. The van der Waals surface area contributed by atoms with Gasteiger partial charge in [0.25, 0.3) is 0 Å². The molecular weight excluding hydrogens is 220 g/mol. The lowest BCUT2D eigenvalue weighted by molar-refractivity contribution is 0.416. The highest BCUT2D eigenvalue weighted by Crippen LogP contribution is 2.16. The molecule has 0 amide bonds. The topological polar surface area (TPSA) is 45.4 Å². The highest BCUT2D eigenvalue weighted by atomic mass is 32.1. The fourth-order valence-electron chi connectivity index (χ4n) is 1.37. The van der Waals surface area contributed by atoms with Gasteiger partial charge in [-0.1, -0.05) is 12.2 Å². The van der Waals surface area contributed by atoms with Gasteiger partial charge in [-0.25, -0.2) is 0 Å². The van der Waals surface area contributed by atoms with Crippen LogP contribution in [0.25, 0.3) is 0 Å². The van der Waals surface area contributed by atoms with Crippen molar-refractivity contribution in [2.24, 2.45) is 5.73 Å². The second-order valence-corrected chi connectivity index (χ2v) is 4.40. The number of nitrogens with zero attached hydrogens (tertiary/aromatic N) is 3. The van der Waals surface area contributed by atoms with Crippen LogP contribution in [0, 0.1) is 0 Å². The maximum absolute atomic E-state index is 5.64. The third-order valence-electron chi connectivity index (χ3n) is 2.31. The summed E-state index contributed by atoms with van der Waals surface area (Å²) in [5, 5.41) is 0. The van der Waals surface area contributed by atoms with E-state index in [-0.39, 0.29) is 0 Å². The molecule has 0 bridgehead atoms. The largest absolute Gasteiger partial charge is 0.388 e. The standard InChI is InChI=1S/C11H18N4S/c1-14(2)7-8-15(3)9-5-4-6-13-10(9)11(12)16/h4-6H,7-8H2,1-3H3,(H2,12,16). The maximum atomic E-state index is 5.64. The van der Waals surface area contributed by atoms with Crippen molar-refractivity contribution < 1.29 is 0 Å². The minimum absolute atomic E-state index is 0.340. The third-order valence-corrected chi connectivity index (χ3v) is 2.51. The van der Waals surface area contributed by atoms with Crippen molar-refractivity contribution in [1.29, 1.82) is 0 Å². The normalized spacial score (nSPS) is 10.5. The molecule has 16 heavy (non-hydrogen) atoms. The third kappa shape index (κ3) is 3.43. The first-order valence-electron chi connectivity index (χ1n) is 5.13. The summed E-state index contributed by atoms with van der Waals surface area (Å²) >= 11 is 4.98. The molecule has 1 aromatic heterocycles. The lowest BCUT2D eigenvalue weighted by Crippen LogP contribution is -2.30. The van der Waals surface area contributed by atoms with Crippen LogP contribution in [0.2, 0.25) is 0 Å². The summed E-state index contributed by atoms with van der Waals surface area (Å²) in [6, 6.07) is 3.88. The Kier molecular flexibility index (Phi) is 4.64. The summed E-state index contributed by atoms with van der Waals surface area (Å²) in [6.45, 7) is 1.89. The van der Waals surface area contributed by atoms with Crippen molar-refractivity contribution in [2.75, 3.05) is 39.1 Å². The van der Waals surface area contributed by atoms with Gasteiger partial charge in [-0.3, -0.25) is 4.98 Å². The fraction of sp³-hybridized carbons (Fsp3) is 0.455. The number of pyridine rings is 1. The highest BCUT2D eigenvalue weighted by molar-refractivity contribution is 7.80. The zero-order chi connectivity index (χ0) is 12.1. The molecule has 0 aliphatic heterocycles. The average molecular weight is 238 g/mol. The molecule has 88 valence electrons. The quantitative estimate of drug-likeness (QED) is 0.766. The van der Waals surface area contributed by atoms with Gasteiger partial charge in [0.2, 0.25) is 0 Å². The molecule has 0 spiro atoms. The van der Waals surface area contributed by atoms with Gasteiger partial charge < -0.3 is 15.5 Å². The Bertz CT molecular complexity index is 365. The van der Waals surface area contributed by atoms with E-state index in [0.29, 0.717) is 10.7 Å². The summed E-state index contributed by atoms with van der Waals surface area (Å²) < 4.78 is 0. The molecule has 1 aromatic rings. The number of thiocarbonyl (C=S) groups is 1. The first kappa shape index (κ1) is 12.9. The Morgan fingerprint density at radius 3 is 2.62 bits per heavy atom. The van der Waals surface area contributed by atoms with Crippen LogP contribution in [0.3, 0.4) is 0 Å². The summed E-state index contributed by atoms with van der Waals surface area (Å²) in [5.41, 5.74) is 7.32. The molecule has 0 radical (unpaired) electrons. The van der Waals surface area contributed by atoms with Gasteiger partial charge in [-0.15, -0.1) is 0 Å². The number of likely N-dealkylation sites (N-methyl/N-ethyl adjacent to an activating group) is 2. The number of anilines is 1. The Hall–Kier alpha value is -1.20. The first-order valence-corrected chi connectivity index (χ1v) is 5.54. The van der Waals surface area contributed by atoms with Gasteiger partial charge in [-0.05, 0) is 26.2 Å². The molecular formula is C11H18N4S. The second kappa shape index (κ2) is 5.77. The smallest absolute Gasteiger partial charge is 0.124 e. The van der Waals surface area contributed by atoms with E-state index in [4.69, 9.17) is 18.0 Å². The van der Waals surface area contributed by atoms with Crippen molar-refractivity contribution in [2.45, 2.75) is 0 Å². The number of rotatable bonds is 5. The van der Waals surface area contributed by atoms with Crippen molar-refractivity contribution >= 4 is 22.9 Å². The van der Waals surface area contributed by atoms with Crippen LogP contribution in [-0.4, -0.2) is 49.1 Å². The predicted molar refractivity (Wildman–Crippen MR) is 71.9 cm³/mol. The van der Waals surface area contributed by atoms with Crippen LogP contribution >= 0.6 is 12.2 Å². The Morgan fingerprint density at radius 1 is 1.38 bits per heavy atom. The Balaban J connectivity index is 2.82. The van der Waals surface area contributed by atoms with Gasteiger partial charge >= 0.3 is 0 Å². The molecule has 0 aliphatic carbocycles. The van der Waals surface area contributed by atoms with Crippen molar-refractivity contribution in [3.8, 4) is 0 Å². The van der Waals surface area contributed by atoms with E-state index in [2.05, 4.69) is 14.8 Å². The average Bonchev–Trinajstić information content (AvgIpc) is 2.25. The molecule has 0 fully saturated rings. The summed E-state index contributed by atoms with van der Waals surface area (Å²) in [5.74, 6) is 0. The van der Waals surface area contributed by atoms with Crippen LogP contribution in [-0.2, 0) is 0 Å². The van der Waals surface area contributed by atoms with Crippen LogP contribution in [0.4, 0.5) is 5.69 Å². The molecule has 0 atom stereocenters. The highest BCUT2D eigenvalue weighted by Gasteiger charge is 2.10. The molecule has 1 rings (SSSR count). The van der Waals surface area contributed by atoms with Gasteiger partial charge in [-0.2, -0.15) is 0 Å². The van der Waals surface area contributed by atoms with E-state index in [9.17, 15) is 0 Å². The van der Waals surface area contributed by atoms with Crippen LogP contribution < -0.4 is 10.6 Å². The Labute approximate surface area is 102 Å². The molecule has 0 saturated heterocycles. The summed E-state index contributed by atoms with van der Waals surface area (Å²) in [7, 11) is 6.11. The molecule has 0 saturated carbocycles. The SMILES string of the molecule is CN(C)CCN(C)c1cccnc1C(N)=S. The van der Waals surface area contributed by atoms with Crippen LogP contribution in [0.5, 0.6) is 0 Å². The first-order chi connectivity index (χ1) is 7.52. The summed E-state index contributed by atoms with van der Waals surface area (Å²) in [6.07, 6.45) is 1.71. The molecule has 0 unspecified atom stereocenters. The molecule has 5 heteroatoms. The van der Waals surface area contributed by atoms with Gasteiger partial charge in [0.15, 0.2) is 0 Å². The van der Waals surface area contributed by atoms with E-state index in [1.165, 1.54) is 0 Å². The number of hydrogen-bond donors (Lipinski definition) is 1. The lowest BCUT2D eigenvalue weighted by Gasteiger charge is -2.23. The fourth-order valence-corrected chi connectivity index (χ4v) is 1.52. The minimum atomic E-state index is 0.340. The van der Waals surface area contributed by atoms with Crippen molar-refractivity contribution in [3.05, 3.63) is 24.0 Å². The van der Waals surface area contributed by atoms with E-state index in [0.717, 1.165) is 18.8 Å². The number of aromatic nitrogens is 1. The van der Waals surface area contributed by atoms with Gasteiger partial charge in [0.1, 0.15) is 10.7 Å². The summed E-state index contributed by atoms with van der Waals surface area (Å²) in [4.78, 5) is 8.79. The van der Waals surface area contributed by atoms with E-state index >= 15 is 0 Å². The van der Waals surface area contributed by atoms with E-state index in [1.54, 1.807) is 6.20 Å². The van der Waals surface area contributed by atoms with Crippen molar-refractivity contribution in [1.82, 2.24) is 9.88 Å². The maximum Gasteiger partial charge on any atom is 0.124 e. The zero-order valence-electron chi connectivity index (χ0n) is 9.97. The minimum Gasteiger partial charge on any atom is -0.388 e. The van der Waals surface area contributed by atoms with Gasteiger partial charge in [0.05, 0.1) is 5.69 Å². The molecule has 1 heterocycles. The monoisotopic (exact) mass is 238 g/mol. The van der Waals surface area contributed by atoms with Crippen LogP contribution in [0.15, 0.2) is 18.3 Å². The van der Waals surface area contributed by atoms with Crippen molar-refractivity contribution in [3.63, 3.8) is 0 Å². The van der Waals surface area contributed by atoms with Crippen LogP contribution in [0.1, 0.15) is 5.69 Å². The predicted octanol–water partition coefficient (Wildman–Crippen LogP) is 0.714. The molecule has 2 N–H and O–H groups in total. The van der Waals surface area contributed by atoms with Gasteiger partial charge in [0, 0.05) is 26.3 Å². The zero-order valence-corrected chi connectivity index (χ0v) is 10.8. The molecule has 4 nitrogen and oxygen atoms in total. The number of nitrogens with two attached hydrogens (primary N) is 1.